The average molecular weight is 245 g/mol. The van der Waals surface area contributed by atoms with Crippen molar-refractivity contribution in [3.05, 3.63) is 60.2 Å². The fraction of sp³-hybridized carbons (Fsp3) is 0.143. The van der Waals surface area contributed by atoms with E-state index in [1.807, 2.05) is 42.5 Å². The number of thioether (sulfide) groups is 1. The first-order valence-electron chi connectivity index (χ1n) is 5.48. The van der Waals surface area contributed by atoms with E-state index in [1.54, 1.807) is 23.9 Å². The molecule has 1 unspecified atom stereocenters. The lowest BCUT2D eigenvalue weighted by Crippen LogP contribution is -2.12. The van der Waals surface area contributed by atoms with Gasteiger partial charge in [0.2, 0.25) is 0 Å². The van der Waals surface area contributed by atoms with Gasteiger partial charge in [0.1, 0.15) is 5.75 Å². The average Bonchev–Trinajstić information content (AvgIpc) is 2.37. The van der Waals surface area contributed by atoms with Crippen molar-refractivity contribution >= 4 is 11.8 Å². The molecule has 0 spiro atoms. The molecule has 17 heavy (non-hydrogen) atoms. The summed E-state index contributed by atoms with van der Waals surface area (Å²) in [5, 5.41) is 9.35. The smallest absolute Gasteiger partial charge is 0.116 e. The summed E-state index contributed by atoms with van der Waals surface area (Å²) < 4.78 is 0. The van der Waals surface area contributed by atoms with Crippen LogP contribution in [0.15, 0.2) is 59.5 Å². The Labute approximate surface area is 105 Å². The van der Waals surface area contributed by atoms with E-state index >= 15 is 0 Å². The molecule has 3 N–H and O–H groups in total. The summed E-state index contributed by atoms with van der Waals surface area (Å²) in [4.78, 5) is 1.04. The van der Waals surface area contributed by atoms with Crippen LogP contribution < -0.4 is 5.73 Å². The molecule has 2 aromatic carbocycles. The van der Waals surface area contributed by atoms with Crippen molar-refractivity contribution < 1.29 is 5.11 Å². The SMILES string of the molecule is NC(CSc1cccc(O)c1)c1ccccc1. The summed E-state index contributed by atoms with van der Waals surface area (Å²) >= 11 is 1.65. The fourth-order valence-corrected chi connectivity index (χ4v) is 2.50. The van der Waals surface area contributed by atoms with E-state index in [9.17, 15) is 5.11 Å². The third-order valence-corrected chi connectivity index (χ3v) is 3.59. The van der Waals surface area contributed by atoms with E-state index in [2.05, 4.69) is 0 Å². The van der Waals surface area contributed by atoms with Gasteiger partial charge in [-0.3, -0.25) is 0 Å². The topological polar surface area (TPSA) is 46.2 Å². The summed E-state index contributed by atoms with van der Waals surface area (Å²) in [7, 11) is 0. The van der Waals surface area contributed by atoms with Crippen molar-refractivity contribution in [3.8, 4) is 5.75 Å². The monoisotopic (exact) mass is 245 g/mol. The maximum absolute atomic E-state index is 9.35. The Kier molecular flexibility index (Phi) is 4.07. The molecule has 0 aliphatic heterocycles. The van der Waals surface area contributed by atoms with Gasteiger partial charge in [-0.05, 0) is 23.8 Å². The molecular weight excluding hydrogens is 230 g/mol. The van der Waals surface area contributed by atoms with Gasteiger partial charge in [0.25, 0.3) is 0 Å². The maximum Gasteiger partial charge on any atom is 0.116 e. The normalized spacial score (nSPS) is 12.3. The summed E-state index contributed by atoms with van der Waals surface area (Å²) in [6.07, 6.45) is 0. The third-order valence-electron chi connectivity index (χ3n) is 2.47. The lowest BCUT2D eigenvalue weighted by atomic mass is 10.1. The minimum Gasteiger partial charge on any atom is -0.508 e. The molecule has 0 heterocycles. The van der Waals surface area contributed by atoms with Crippen LogP contribution in [0, 0.1) is 0 Å². The zero-order valence-electron chi connectivity index (χ0n) is 9.41. The van der Waals surface area contributed by atoms with Gasteiger partial charge >= 0.3 is 0 Å². The number of hydrogen-bond donors (Lipinski definition) is 2. The highest BCUT2D eigenvalue weighted by atomic mass is 32.2. The van der Waals surface area contributed by atoms with Gasteiger partial charge in [-0.15, -0.1) is 11.8 Å². The van der Waals surface area contributed by atoms with Gasteiger partial charge in [-0.2, -0.15) is 0 Å². The Morgan fingerprint density at radius 2 is 1.82 bits per heavy atom. The van der Waals surface area contributed by atoms with Gasteiger partial charge in [0.15, 0.2) is 0 Å². The van der Waals surface area contributed by atoms with Gasteiger partial charge in [-0.25, -0.2) is 0 Å². The van der Waals surface area contributed by atoms with E-state index in [4.69, 9.17) is 5.73 Å². The number of phenolic OH excluding ortho intramolecular Hbond substituents is 1. The molecule has 0 saturated heterocycles. The van der Waals surface area contributed by atoms with Gasteiger partial charge in [-0.1, -0.05) is 36.4 Å². The second kappa shape index (κ2) is 5.75. The van der Waals surface area contributed by atoms with E-state index in [-0.39, 0.29) is 6.04 Å². The molecule has 0 bridgehead atoms. The van der Waals surface area contributed by atoms with Crippen LogP contribution in [-0.2, 0) is 0 Å². The highest BCUT2D eigenvalue weighted by Gasteiger charge is 2.06. The number of rotatable bonds is 4. The molecule has 0 saturated carbocycles. The molecule has 0 aromatic heterocycles. The first-order valence-corrected chi connectivity index (χ1v) is 6.46. The third kappa shape index (κ3) is 3.51. The molecule has 2 aromatic rings. The predicted molar refractivity (Wildman–Crippen MR) is 72.2 cm³/mol. The highest BCUT2D eigenvalue weighted by molar-refractivity contribution is 7.99. The van der Waals surface area contributed by atoms with Crippen LogP contribution in [0.3, 0.4) is 0 Å². The molecule has 2 rings (SSSR count). The predicted octanol–water partition coefficient (Wildman–Crippen LogP) is 3.18. The van der Waals surface area contributed by atoms with E-state index in [0.29, 0.717) is 5.75 Å². The molecule has 0 radical (unpaired) electrons. The number of phenols is 1. The van der Waals surface area contributed by atoms with Crippen LogP contribution in [0.2, 0.25) is 0 Å². The van der Waals surface area contributed by atoms with Crippen molar-refractivity contribution in [2.24, 2.45) is 5.73 Å². The second-order valence-electron chi connectivity index (χ2n) is 3.83. The Balaban J connectivity index is 1.95. The van der Waals surface area contributed by atoms with Crippen molar-refractivity contribution in [1.29, 1.82) is 0 Å². The van der Waals surface area contributed by atoms with Crippen molar-refractivity contribution in [2.45, 2.75) is 10.9 Å². The lowest BCUT2D eigenvalue weighted by molar-refractivity contribution is 0.474. The second-order valence-corrected chi connectivity index (χ2v) is 4.92. The molecule has 0 aliphatic carbocycles. The number of hydrogen-bond acceptors (Lipinski definition) is 3. The molecule has 1 atom stereocenters. The first-order chi connectivity index (χ1) is 8.25. The van der Waals surface area contributed by atoms with Gasteiger partial charge < -0.3 is 10.8 Å². The van der Waals surface area contributed by atoms with Crippen molar-refractivity contribution in [1.82, 2.24) is 0 Å². The standard InChI is InChI=1S/C14H15NOS/c15-14(11-5-2-1-3-6-11)10-17-13-8-4-7-12(16)9-13/h1-9,14,16H,10,15H2. The summed E-state index contributed by atoms with van der Waals surface area (Å²) in [5.74, 6) is 1.09. The van der Waals surface area contributed by atoms with Gasteiger partial charge in [0, 0.05) is 16.7 Å². The van der Waals surface area contributed by atoms with Crippen LogP contribution in [0.25, 0.3) is 0 Å². The summed E-state index contributed by atoms with van der Waals surface area (Å²) in [5.41, 5.74) is 7.24. The summed E-state index contributed by atoms with van der Waals surface area (Å²) in [6, 6.07) is 17.3. The Morgan fingerprint density at radius 3 is 2.53 bits per heavy atom. The first kappa shape index (κ1) is 12.0. The molecule has 2 nitrogen and oxygen atoms in total. The Hall–Kier alpha value is -1.45. The minimum absolute atomic E-state index is 0.0172. The molecule has 0 amide bonds. The highest BCUT2D eigenvalue weighted by Crippen LogP contribution is 2.25. The zero-order chi connectivity index (χ0) is 12.1. The van der Waals surface area contributed by atoms with E-state index in [0.717, 1.165) is 16.2 Å². The van der Waals surface area contributed by atoms with Gasteiger partial charge in [0.05, 0.1) is 0 Å². The molecule has 88 valence electrons. The molecule has 3 heteroatoms. The Bertz CT molecular complexity index is 473. The van der Waals surface area contributed by atoms with E-state index < -0.39 is 0 Å². The fourth-order valence-electron chi connectivity index (χ4n) is 1.56. The molecule has 0 aliphatic rings. The summed E-state index contributed by atoms with van der Waals surface area (Å²) in [6.45, 7) is 0. The largest absolute Gasteiger partial charge is 0.508 e. The lowest BCUT2D eigenvalue weighted by Gasteiger charge is -2.11. The van der Waals surface area contributed by atoms with Crippen molar-refractivity contribution in [2.75, 3.05) is 5.75 Å². The number of benzene rings is 2. The van der Waals surface area contributed by atoms with E-state index in [1.165, 1.54) is 0 Å². The zero-order valence-corrected chi connectivity index (χ0v) is 10.2. The minimum atomic E-state index is 0.0172. The Morgan fingerprint density at radius 1 is 1.06 bits per heavy atom. The maximum atomic E-state index is 9.35. The quantitative estimate of drug-likeness (QED) is 0.813. The van der Waals surface area contributed by atoms with Crippen LogP contribution in [0.1, 0.15) is 11.6 Å². The molecule has 0 fully saturated rings. The number of aromatic hydroxyl groups is 1. The van der Waals surface area contributed by atoms with Crippen LogP contribution in [0.4, 0.5) is 0 Å². The molecular formula is C14H15NOS. The van der Waals surface area contributed by atoms with Crippen LogP contribution in [0.5, 0.6) is 5.75 Å². The van der Waals surface area contributed by atoms with Crippen LogP contribution in [-0.4, -0.2) is 10.9 Å². The van der Waals surface area contributed by atoms with Crippen LogP contribution >= 0.6 is 11.8 Å². The number of nitrogens with two attached hydrogens (primary N) is 1. The van der Waals surface area contributed by atoms with Crippen molar-refractivity contribution in [3.63, 3.8) is 0 Å².